The third-order valence-electron chi connectivity index (χ3n) is 3.99. The van der Waals surface area contributed by atoms with Gasteiger partial charge in [-0.15, -0.1) is 0 Å². The van der Waals surface area contributed by atoms with E-state index in [9.17, 15) is 4.79 Å². The second kappa shape index (κ2) is 10.9. The van der Waals surface area contributed by atoms with Crippen LogP contribution in [0.2, 0.25) is 0 Å². The molecule has 1 aliphatic heterocycles. The number of Topliss-reactive ketones (excluding diaryl/α,β-unsaturated/α-hetero) is 1. The molecule has 27 heavy (non-hydrogen) atoms. The molecule has 0 radical (unpaired) electrons. The Morgan fingerprint density at radius 3 is 2.70 bits per heavy atom. The summed E-state index contributed by atoms with van der Waals surface area (Å²) in [7, 11) is 3.15. The van der Waals surface area contributed by atoms with Crippen molar-refractivity contribution in [3.8, 4) is 11.5 Å². The molecule has 0 N–H and O–H groups in total. The topological polar surface area (TPSA) is 44.8 Å². The lowest BCUT2D eigenvalue weighted by molar-refractivity contribution is -0.113. The summed E-state index contributed by atoms with van der Waals surface area (Å²) in [5.41, 5.74) is 2.22. The lowest BCUT2D eigenvalue weighted by atomic mass is 9.99. The molecular weight excluding hydrogens is 340 g/mol. The molecule has 0 spiro atoms. The first-order valence-electron chi connectivity index (χ1n) is 8.96. The quantitative estimate of drug-likeness (QED) is 0.662. The van der Waals surface area contributed by atoms with E-state index in [4.69, 9.17) is 14.2 Å². The van der Waals surface area contributed by atoms with Crippen LogP contribution in [0.5, 0.6) is 11.5 Å². The highest BCUT2D eigenvalue weighted by Crippen LogP contribution is 2.31. The zero-order chi connectivity index (χ0) is 19.5. The predicted molar refractivity (Wildman–Crippen MR) is 109 cm³/mol. The number of ether oxygens (including phenoxy) is 3. The van der Waals surface area contributed by atoms with Crippen molar-refractivity contribution in [1.29, 1.82) is 0 Å². The predicted octanol–water partition coefficient (Wildman–Crippen LogP) is 5.04. The van der Waals surface area contributed by atoms with Gasteiger partial charge in [0.1, 0.15) is 6.61 Å². The molecule has 0 unspecified atom stereocenters. The van der Waals surface area contributed by atoms with Gasteiger partial charge in [-0.2, -0.15) is 0 Å². The molecule has 4 nitrogen and oxygen atoms in total. The first kappa shape index (κ1) is 20.3. The minimum atomic E-state index is -0.0208. The average molecular weight is 366 g/mol. The van der Waals surface area contributed by atoms with Crippen molar-refractivity contribution < 1.29 is 19.0 Å². The summed E-state index contributed by atoms with van der Waals surface area (Å²) < 4.78 is 16.2. The molecule has 0 saturated carbocycles. The van der Waals surface area contributed by atoms with Gasteiger partial charge in [0.2, 0.25) is 0 Å². The Labute approximate surface area is 161 Å². The summed E-state index contributed by atoms with van der Waals surface area (Å²) >= 11 is 0. The maximum absolute atomic E-state index is 12.8. The van der Waals surface area contributed by atoms with Gasteiger partial charge in [0.15, 0.2) is 17.3 Å². The Morgan fingerprint density at radius 2 is 1.96 bits per heavy atom. The van der Waals surface area contributed by atoms with Crippen LogP contribution in [0.3, 0.4) is 0 Å². The van der Waals surface area contributed by atoms with Gasteiger partial charge in [-0.05, 0) is 35.8 Å². The third kappa shape index (κ3) is 6.03. The summed E-state index contributed by atoms with van der Waals surface area (Å²) in [6.07, 6.45) is 16.6. The monoisotopic (exact) mass is 366 g/mol. The Hall–Kier alpha value is -3.01. The number of ketones is 1. The van der Waals surface area contributed by atoms with E-state index in [-0.39, 0.29) is 12.2 Å². The van der Waals surface area contributed by atoms with E-state index in [0.29, 0.717) is 23.7 Å². The normalized spacial score (nSPS) is 20.5. The van der Waals surface area contributed by atoms with E-state index in [0.717, 1.165) is 17.6 Å². The summed E-state index contributed by atoms with van der Waals surface area (Å²) in [6.45, 7) is 2.48. The Balaban J connectivity index is 2.27. The average Bonchev–Trinajstić information content (AvgIpc) is 2.70. The van der Waals surface area contributed by atoms with E-state index in [1.807, 2.05) is 42.5 Å². The highest BCUT2D eigenvalue weighted by Gasteiger charge is 2.15. The van der Waals surface area contributed by atoms with Gasteiger partial charge >= 0.3 is 0 Å². The fourth-order valence-corrected chi connectivity index (χ4v) is 2.56. The van der Waals surface area contributed by atoms with Crippen LogP contribution in [0, 0.1) is 0 Å². The van der Waals surface area contributed by atoms with E-state index < -0.39 is 0 Å². The molecule has 142 valence electrons. The molecule has 4 heteroatoms. The molecule has 1 aliphatic rings. The number of hydrogen-bond donors (Lipinski definition) is 0. The fourth-order valence-electron chi connectivity index (χ4n) is 2.56. The lowest BCUT2D eigenvalue weighted by Gasteiger charge is -2.12. The zero-order valence-electron chi connectivity index (χ0n) is 16.1. The van der Waals surface area contributed by atoms with Gasteiger partial charge < -0.3 is 14.2 Å². The maximum Gasteiger partial charge on any atom is 0.170 e. The lowest BCUT2D eigenvalue weighted by Crippen LogP contribution is -2.04. The molecule has 0 saturated heterocycles. The standard InChI is InChI=1S/C23H26O4/c1-4-5-6-7-9-18-10-8-15-27-17-20(21(24)13-11-18)19-12-14-22(25-2)23(16-19)26-3/h5-12,14,16-17H,4,13,15H2,1-3H3/b6-5-,9-7-,10-8-,18-11-,20-17-. The number of benzene rings is 1. The number of allylic oxidation sites excluding steroid dienone is 8. The van der Waals surface area contributed by atoms with E-state index in [1.54, 1.807) is 26.4 Å². The van der Waals surface area contributed by atoms with Crippen molar-refractivity contribution >= 4 is 11.4 Å². The summed E-state index contributed by atoms with van der Waals surface area (Å²) in [5.74, 6) is 1.17. The zero-order valence-corrected chi connectivity index (χ0v) is 16.1. The highest BCUT2D eigenvalue weighted by molar-refractivity contribution is 6.21. The molecule has 1 aromatic rings. The Kier molecular flexibility index (Phi) is 8.17. The van der Waals surface area contributed by atoms with Gasteiger partial charge in [0.25, 0.3) is 0 Å². The number of carbonyl (C=O) groups is 1. The smallest absolute Gasteiger partial charge is 0.170 e. The fraction of sp³-hybridized carbons (Fsp3) is 0.261. The van der Waals surface area contributed by atoms with E-state index in [1.165, 1.54) is 6.26 Å². The van der Waals surface area contributed by atoms with Gasteiger partial charge in [-0.3, -0.25) is 4.79 Å². The number of carbonyl (C=O) groups excluding carboxylic acids is 1. The minimum Gasteiger partial charge on any atom is -0.496 e. The van der Waals surface area contributed by atoms with Gasteiger partial charge in [0.05, 0.1) is 26.1 Å². The SMILES string of the molecule is CC\C=C/C=C\C1=C\CC(=O)/C(c2ccc(OC)c(OC)c2)=C\OC\C=C/1. The number of methoxy groups -OCH3 is 2. The molecule has 1 heterocycles. The Bertz CT molecular complexity index is 795. The van der Waals surface area contributed by atoms with Crippen LogP contribution in [0.1, 0.15) is 25.3 Å². The Morgan fingerprint density at radius 1 is 1.15 bits per heavy atom. The van der Waals surface area contributed by atoms with Crippen molar-refractivity contribution in [3.05, 3.63) is 78.1 Å². The van der Waals surface area contributed by atoms with Gasteiger partial charge in [0, 0.05) is 6.42 Å². The van der Waals surface area contributed by atoms with Crippen molar-refractivity contribution in [1.82, 2.24) is 0 Å². The number of hydrogen-bond acceptors (Lipinski definition) is 4. The molecule has 0 amide bonds. The molecule has 2 rings (SSSR count). The molecule has 0 fully saturated rings. The van der Waals surface area contributed by atoms with Crippen LogP contribution < -0.4 is 9.47 Å². The van der Waals surface area contributed by atoms with Crippen molar-refractivity contribution in [2.24, 2.45) is 0 Å². The van der Waals surface area contributed by atoms with Crippen LogP contribution in [-0.4, -0.2) is 26.6 Å². The summed E-state index contributed by atoms with van der Waals surface area (Å²) in [4.78, 5) is 12.8. The van der Waals surface area contributed by atoms with Crippen LogP contribution in [0.4, 0.5) is 0 Å². The van der Waals surface area contributed by atoms with Crippen molar-refractivity contribution in [2.45, 2.75) is 19.8 Å². The van der Waals surface area contributed by atoms with Crippen molar-refractivity contribution in [2.75, 3.05) is 20.8 Å². The second-order valence-electron chi connectivity index (χ2n) is 5.86. The van der Waals surface area contributed by atoms with Crippen LogP contribution >= 0.6 is 0 Å². The highest BCUT2D eigenvalue weighted by atomic mass is 16.5. The largest absolute Gasteiger partial charge is 0.496 e. The van der Waals surface area contributed by atoms with E-state index >= 15 is 0 Å². The summed E-state index contributed by atoms with van der Waals surface area (Å²) in [6, 6.07) is 5.40. The van der Waals surface area contributed by atoms with Gasteiger partial charge in [-0.1, -0.05) is 49.4 Å². The molecular formula is C23H26O4. The van der Waals surface area contributed by atoms with Crippen molar-refractivity contribution in [3.63, 3.8) is 0 Å². The molecule has 0 aliphatic carbocycles. The minimum absolute atomic E-state index is 0.0208. The van der Waals surface area contributed by atoms with Gasteiger partial charge in [-0.25, -0.2) is 0 Å². The molecule has 0 aromatic heterocycles. The first-order chi connectivity index (χ1) is 13.2. The maximum atomic E-state index is 12.8. The van der Waals surface area contributed by atoms with Crippen LogP contribution in [0.15, 0.2) is 72.6 Å². The van der Waals surface area contributed by atoms with Crippen LogP contribution in [-0.2, 0) is 9.53 Å². The first-order valence-corrected chi connectivity index (χ1v) is 8.96. The van der Waals surface area contributed by atoms with E-state index in [2.05, 4.69) is 13.0 Å². The third-order valence-corrected chi connectivity index (χ3v) is 3.99. The summed E-state index contributed by atoms with van der Waals surface area (Å²) in [5, 5.41) is 0. The molecule has 0 atom stereocenters. The number of rotatable bonds is 6. The van der Waals surface area contributed by atoms with Crippen LogP contribution in [0.25, 0.3) is 5.57 Å². The molecule has 1 aromatic carbocycles. The second-order valence-corrected chi connectivity index (χ2v) is 5.86. The molecule has 0 bridgehead atoms.